The lowest BCUT2D eigenvalue weighted by atomic mass is 9.92. The Morgan fingerprint density at radius 2 is 1.75 bits per heavy atom. The molecule has 0 saturated carbocycles. The van der Waals surface area contributed by atoms with Gasteiger partial charge in [0, 0.05) is 6.54 Å². The van der Waals surface area contributed by atoms with Crippen LogP contribution in [-0.2, 0) is 21.5 Å². The van der Waals surface area contributed by atoms with Gasteiger partial charge in [-0.15, -0.1) is 0 Å². The van der Waals surface area contributed by atoms with Crippen molar-refractivity contribution >= 4 is 17.8 Å². The normalized spacial score (nSPS) is 23.4. The number of nitrogens with zero attached hydrogens (tertiary/aromatic N) is 2. The monoisotopic (exact) mass is 432 g/mol. The largest absolute Gasteiger partial charge is 0.353 e. The maximum Gasteiger partial charge on any atom is 0.325 e. The first-order valence-corrected chi connectivity index (χ1v) is 11.4. The Hall–Kier alpha value is -3.19. The van der Waals surface area contributed by atoms with Crippen LogP contribution < -0.4 is 10.6 Å². The van der Waals surface area contributed by atoms with Crippen molar-refractivity contribution in [2.75, 3.05) is 26.2 Å². The van der Waals surface area contributed by atoms with E-state index in [9.17, 15) is 14.4 Å². The summed E-state index contributed by atoms with van der Waals surface area (Å²) in [7, 11) is 0. The number of urea groups is 1. The summed E-state index contributed by atoms with van der Waals surface area (Å²) in [5.74, 6) is -0.654. The summed E-state index contributed by atoms with van der Waals surface area (Å²) in [4.78, 5) is 42.2. The van der Waals surface area contributed by atoms with Crippen LogP contribution >= 0.6 is 0 Å². The number of carbonyl (C=O) groups excluding carboxylic acids is 3. The number of carbonyl (C=O) groups is 3. The number of nitrogens with one attached hydrogen (secondary N) is 2. The van der Waals surface area contributed by atoms with E-state index in [4.69, 9.17) is 0 Å². The van der Waals surface area contributed by atoms with Crippen molar-refractivity contribution in [3.8, 4) is 0 Å². The number of amides is 4. The van der Waals surface area contributed by atoms with Gasteiger partial charge in [-0.3, -0.25) is 19.4 Å². The average molecular weight is 433 g/mol. The van der Waals surface area contributed by atoms with Gasteiger partial charge in [0.05, 0.1) is 6.04 Å². The molecule has 7 heteroatoms. The van der Waals surface area contributed by atoms with E-state index in [0.29, 0.717) is 13.0 Å². The highest BCUT2D eigenvalue weighted by Crippen LogP contribution is 2.41. The minimum absolute atomic E-state index is 0.0822. The molecule has 4 amide bonds. The first kappa shape index (κ1) is 20.7. The molecule has 0 aromatic heterocycles. The summed E-state index contributed by atoms with van der Waals surface area (Å²) in [6.07, 6.45) is 3.57. The summed E-state index contributed by atoms with van der Waals surface area (Å²) in [5, 5.41) is 5.85. The number of fused-ring (bicyclic) bond motifs is 2. The molecule has 5 rings (SSSR count). The van der Waals surface area contributed by atoms with Crippen LogP contribution in [0.15, 0.2) is 54.6 Å². The molecule has 2 atom stereocenters. The highest BCUT2D eigenvalue weighted by molar-refractivity contribution is 6.09. The lowest BCUT2D eigenvalue weighted by Crippen LogP contribution is -2.45. The second-order valence-corrected chi connectivity index (χ2v) is 8.86. The van der Waals surface area contributed by atoms with Crippen LogP contribution in [0.5, 0.6) is 0 Å². The number of likely N-dealkylation sites (tertiary alicyclic amines) is 1. The molecule has 2 saturated heterocycles. The Kier molecular flexibility index (Phi) is 5.43. The zero-order chi connectivity index (χ0) is 22.1. The standard InChI is InChI=1S/C25H28N4O3/c30-22(26-16-21(28-14-6-7-15-28)19-9-2-1-3-10-19)17-29-23(31)25(27-24(29)32)13-12-18-8-4-5-11-20(18)25/h1-5,8-11,21H,6-7,12-17H2,(H,26,30)(H,27,32). The van der Waals surface area contributed by atoms with Gasteiger partial charge in [0.25, 0.3) is 5.91 Å². The zero-order valence-corrected chi connectivity index (χ0v) is 18.0. The summed E-state index contributed by atoms with van der Waals surface area (Å²) < 4.78 is 0. The Labute approximate surface area is 187 Å². The molecular weight excluding hydrogens is 404 g/mol. The van der Waals surface area contributed by atoms with Gasteiger partial charge in [0.1, 0.15) is 12.1 Å². The molecule has 0 radical (unpaired) electrons. The van der Waals surface area contributed by atoms with Crippen LogP contribution in [0.4, 0.5) is 4.79 Å². The third-order valence-electron chi connectivity index (χ3n) is 6.98. The summed E-state index contributed by atoms with van der Waals surface area (Å²) in [6.45, 7) is 2.19. The Balaban J connectivity index is 1.26. The van der Waals surface area contributed by atoms with Crippen molar-refractivity contribution < 1.29 is 14.4 Å². The van der Waals surface area contributed by atoms with Gasteiger partial charge < -0.3 is 10.6 Å². The third-order valence-corrected chi connectivity index (χ3v) is 6.98. The number of imide groups is 1. The Morgan fingerprint density at radius 3 is 2.53 bits per heavy atom. The predicted molar refractivity (Wildman–Crippen MR) is 120 cm³/mol. The SMILES string of the molecule is O=C(CN1C(=O)NC2(CCc3ccccc32)C1=O)NCC(c1ccccc1)N1CCCC1. The van der Waals surface area contributed by atoms with Crippen molar-refractivity contribution in [2.45, 2.75) is 37.3 Å². The molecule has 7 nitrogen and oxygen atoms in total. The minimum atomic E-state index is -1.03. The number of aryl methyl sites for hydroxylation is 1. The molecule has 2 aromatic rings. The van der Waals surface area contributed by atoms with Crippen LogP contribution in [-0.4, -0.2) is 53.8 Å². The topological polar surface area (TPSA) is 81.8 Å². The number of hydrogen-bond donors (Lipinski definition) is 2. The number of benzene rings is 2. The van der Waals surface area contributed by atoms with E-state index < -0.39 is 11.6 Å². The molecule has 32 heavy (non-hydrogen) atoms. The molecule has 166 valence electrons. The molecule has 3 aliphatic rings. The van der Waals surface area contributed by atoms with Crippen molar-refractivity contribution in [1.29, 1.82) is 0 Å². The van der Waals surface area contributed by atoms with E-state index in [1.165, 1.54) is 0 Å². The molecule has 1 aliphatic carbocycles. The number of rotatable bonds is 6. The van der Waals surface area contributed by atoms with E-state index in [1.54, 1.807) is 0 Å². The summed E-state index contributed by atoms with van der Waals surface area (Å²) >= 11 is 0. The lowest BCUT2D eigenvalue weighted by molar-refractivity contribution is -0.135. The van der Waals surface area contributed by atoms with Gasteiger partial charge in [-0.25, -0.2) is 4.79 Å². The molecule has 1 spiro atoms. The molecule has 2 N–H and O–H groups in total. The van der Waals surface area contributed by atoms with Gasteiger partial charge >= 0.3 is 6.03 Å². The predicted octanol–water partition coefficient (Wildman–Crippen LogP) is 2.33. The molecule has 0 bridgehead atoms. The van der Waals surface area contributed by atoms with E-state index in [1.807, 2.05) is 42.5 Å². The maximum absolute atomic E-state index is 13.3. The van der Waals surface area contributed by atoms with Gasteiger partial charge in [-0.05, 0) is 55.5 Å². The first-order chi connectivity index (χ1) is 15.6. The van der Waals surface area contributed by atoms with E-state index in [2.05, 4.69) is 27.7 Å². The fraction of sp³-hybridized carbons (Fsp3) is 0.400. The average Bonchev–Trinajstić information content (AvgIpc) is 3.52. The van der Waals surface area contributed by atoms with Gasteiger partial charge in [-0.1, -0.05) is 54.6 Å². The molecule has 2 aliphatic heterocycles. The second kappa shape index (κ2) is 8.39. The smallest absolute Gasteiger partial charge is 0.325 e. The van der Waals surface area contributed by atoms with Gasteiger partial charge in [0.15, 0.2) is 0 Å². The Bertz CT molecular complexity index is 1030. The molecule has 2 fully saturated rings. The molecule has 2 unspecified atom stereocenters. The highest BCUT2D eigenvalue weighted by Gasteiger charge is 2.55. The third kappa shape index (κ3) is 3.56. The molecular formula is C25H28N4O3. The van der Waals surface area contributed by atoms with Gasteiger partial charge in [-0.2, -0.15) is 0 Å². The highest BCUT2D eigenvalue weighted by atomic mass is 16.2. The zero-order valence-electron chi connectivity index (χ0n) is 18.0. The second-order valence-electron chi connectivity index (χ2n) is 8.86. The number of hydrogen-bond acceptors (Lipinski definition) is 4. The lowest BCUT2D eigenvalue weighted by Gasteiger charge is -2.28. The van der Waals surface area contributed by atoms with Crippen LogP contribution in [0.3, 0.4) is 0 Å². The quantitative estimate of drug-likeness (QED) is 0.687. The molecule has 2 heterocycles. The van der Waals surface area contributed by atoms with E-state index in [0.717, 1.165) is 53.9 Å². The first-order valence-electron chi connectivity index (χ1n) is 11.4. The van der Waals surface area contributed by atoms with Crippen molar-refractivity contribution in [3.05, 3.63) is 71.3 Å². The minimum Gasteiger partial charge on any atom is -0.353 e. The fourth-order valence-corrected chi connectivity index (χ4v) is 5.33. The fourth-order valence-electron chi connectivity index (χ4n) is 5.33. The van der Waals surface area contributed by atoms with Crippen LogP contribution in [0, 0.1) is 0 Å². The Morgan fingerprint density at radius 1 is 1.03 bits per heavy atom. The van der Waals surface area contributed by atoms with Crippen molar-refractivity contribution in [3.63, 3.8) is 0 Å². The summed E-state index contributed by atoms with van der Waals surface area (Å²) in [6, 6.07) is 17.4. The van der Waals surface area contributed by atoms with Crippen LogP contribution in [0.2, 0.25) is 0 Å². The van der Waals surface area contributed by atoms with Gasteiger partial charge in [0.2, 0.25) is 5.91 Å². The van der Waals surface area contributed by atoms with E-state index in [-0.39, 0.29) is 24.4 Å². The van der Waals surface area contributed by atoms with E-state index >= 15 is 0 Å². The van der Waals surface area contributed by atoms with Crippen molar-refractivity contribution in [1.82, 2.24) is 20.4 Å². The maximum atomic E-state index is 13.3. The van der Waals surface area contributed by atoms with Crippen LogP contribution in [0.1, 0.15) is 42.0 Å². The molecule has 2 aromatic carbocycles. The van der Waals surface area contributed by atoms with Crippen LogP contribution in [0.25, 0.3) is 0 Å². The summed E-state index contributed by atoms with van der Waals surface area (Å²) in [5.41, 5.74) is 2.05. The van der Waals surface area contributed by atoms with Crippen molar-refractivity contribution in [2.24, 2.45) is 0 Å².